The number of rotatable bonds is 9. The predicted octanol–water partition coefficient (Wildman–Crippen LogP) is 7.69. The van der Waals surface area contributed by atoms with Gasteiger partial charge in [0.1, 0.15) is 58.9 Å². The van der Waals surface area contributed by atoms with Crippen LogP contribution in [0.1, 0.15) is 16.1 Å². The zero-order valence-electron chi connectivity index (χ0n) is 30.7. The molecule has 0 saturated carbocycles. The van der Waals surface area contributed by atoms with E-state index in [0.29, 0.717) is 12.2 Å². The van der Waals surface area contributed by atoms with Gasteiger partial charge in [-0.3, -0.25) is 4.98 Å². The summed E-state index contributed by atoms with van der Waals surface area (Å²) in [4.78, 5) is 18.3. The summed E-state index contributed by atoms with van der Waals surface area (Å²) in [6.07, 6.45) is -2.52. The van der Waals surface area contributed by atoms with E-state index >= 15 is 35.1 Å². The van der Waals surface area contributed by atoms with Gasteiger partial charge in [0.15, 0.2) is 89.3 Å². The summed E-state index contributed by atoms with van der Waals surface area (Å²) >= 11 is 0. The van der Waals surface area contributed by atoms with Crippen molar-refractivity contribution in [3.63, 3.8) is 0 Å². The van der Waals surface area contributed by atoms with Crippen LogP contribution in [0, 0.1) is 116 Å². The van der Waals surface area contributed by atoms with Gasteiger partial charge in [0.05, 0.1) is 6.20 Å². The SMILES string of the molecule is Fc1c(F)c(F)c([B-](c2c(F)c(F)c(F)c(F)c2F)(c2c(F)c(F)c(F)c(F)c2F)c2c(F)c(F)c(F)c(F)c2F)c(F)c1F.[N-]=[N+]=NCOC(=O)c1cncc[n+]1Cc1ccccc1. The number of carbonyl (C=O) groups is 1. The Bertz CT molecular complexity index is 2580. The fourth-order valence-electron chi connectivity index (χ4n) is 6.54. The van der Waals surface area contributed by atoms with Crippen molar-refractivity contribution in [3.8, 4) is 0 Å². The maximum Gasteiger partial charge on any atom is 0.405 e. The Morgan fingerprint density at radius 3 is 1.14 bits per heavy atom. The van der Waals surface area contributed by atoms with E-state index in [-0.39, 0.29) is 6.73 Å². The van der Waals surface area contributed by atoms with Crippen LogP contribution in [0.15, 0.2) is 54.0 Å². The number of nitrogens with zero attached hydrogens (tertiary/aromatic N) is 5. The highest BCUT2D eigenvalue weighted by Gasteiger charge is 2.52. The molecule has 0 N–H and O–H groups in total. The summed E-state index contributed by atoms with van der Waals surface area (Å²) in [6, 6.07) is 9.70. The van der Waals surface area contributed by atoms with Gasteiger partial charge < -0.3 is 4.74 Å². The topological polar surface area (TPSA) is 91.8 Å². The third-order valence-corrected chi connectivity index (χ3v) is 9.27. The first-order valence-electron chi connectivity index (χ1n) is 16.8. The van der Waals surface area contributed by atoms with Crippen LogP contribution in [0.4, 0.5) is 87.8 Å². The maximum absolute atomic E-state index is 15.4. The second kappa shape index (κ2) is 18.8. The Balaban J connectivity index is 0.000000330. The lowest BCUT2D eigenvalue weighted by Crippen LogP contribution is -2.81. The molecule has 340 valence electrons. The van der Waals surface area contributed by atoms with E-state index < -0.39 is 150 Å². The van der Waals surface area contributed by atoms with Gasteiger partial charge >= 0.3 is 11.7 Å². The van der Waals surface area contributed by atoms with Gasteiger partial charge in [-0.05, 0) is 5.53 Å². The normalized spacial score (nSPS) is 11.3. The monoisotopic (exact) mass is 949 g/mol. The molecule has 0 fully saturated rings. The van der Waals surface area contributed by atoms with E-state index in [0.717, 1.165) is 5.56 Å². The molecule has 0 radical (unpaired) electrons. The van der Waals surface area contributed by atoms with Gasteiger partial charge in [0.2, 0.25) is 0 Å². The van der Waals surface area contributed by atoms with Gasteiger partial charge in [-0.15, -0.1) is 21.9 Å². The van der Waals surface area contributed by atoms with E-state index in [1.807, 2.05) is 30.3 Å². The minimum Gasteiger partial charge on any atom is -0.452 e. The standard InChI is InChI=1S/C24BF20.C13H12N5O2/c26-5-1(6(27)14(35)21(42)13(5)34)25(2-7(28)15(36)22(43)16(37)8(2)29,3-9(30)17(38)23(44)18(39)10(3)31)4-11(32)19(40)24(45)20(41)12(4)33;14-17-16-10-20-13(19)12-8-15-6-7-18(12)9-11-4-2-1-3-5-11/h;1-8H,9-10H2/q-1;+1. The third kappa shape index (κ3) is 8.08. The molecule has 0 amide bonds. The summed E-state index contributed by atoms with van der Waals surface area (Å²) in [7, 11) is 0. The van der Waals surface area contributed by atoms with Crippen LogP contribution in [0.25, 0.3) is 10.4 Å². The lowest BCUT2D eigenvalue weighted by Gasteiger charge is -2.44. The molecule has 6 aromatic rings. The van der Waals surface area contributed by atoms with Crippen molar-refractivity contribution < 1.29 is 102 Å². The zero-order valence-corrected chi connectivity index (χ0v) is 30.7. The number of hydrogen-bond donors (Lipinski definition) is 0. The Labute approximate surface area is 346 Å². The Morgan fingerprint density at radius 1 is 0.523 bits per heavy atom. The van der Waals surface area contributed by atoms with Gasteiger partial charge in [-0.1, -0.05) is 35.4 Å². The minimum atomic E-state index is -7.22. The van der Waals surface area contributed by atoms with E-state index in [1.165, 1.54) is 6.20 Å². The highest BCUT2D eigenvalue weighted by atomic mass is 19.2. The fourth-order valence-corrected chi connectivity index (χ4v) is 6.54. The smallest absolute Gasteiger partial charge is 0.405 e. The first-order valence-corrected chi connectivity index (χ1v) is 16.8. The highest BCUT2D eigenvalue weighted by molar-refractivity contribution is 7.20. The molecular weight excluding hydrogens is 937 g/mol. The molecule has 0 spiro atoms. The molecule has 7 nitrogen and oxygen atoms in total. The van der Waals surface area contributed by atoms with Gasteiger partial charge in [-0.2, -0.15) is 4.57 Å². The number of hydrogen-bond acceptors (Lipinski definition) is 4. The second-order valence-electron chi connectivity index (χ2n) is 12.7. The quantitative estimate of drug-likeness (QED) is 0.0172. The number of ether oxygens (including phenoxy) is 1. The van der Waals surface area contributed by atoms with E-state index in [4.69, 9.17) is 10.3 Å². The van der Waals surface area contributed by atoms with Gasteiger partial charge in [0, 0.05) is 10.5 Å². The van der Waals surface area contributed by atoms with E-state index in [9.17, 15) is 57.5 Å². The molecule has 0 aliphatic heterocycles. The largest absolute Gasteiger partial charge is 0.452 e. The summed E-state index contributed by atoms with van der Waals surface area (Å²) in [5.74, 6) is -72.0. The first kappa shape index (κ1) is 48.7. The fraction of sp³-hybridized carbons (Fsp3) is 0.0541. The van der Waals surface area contributed by atoms with Crippen LogP contribution >= 0.6 is 0 Å². The molecule has 1 aromatic heterocycles. The van der Waals surface area contributed by atoms with Crippen molar-refractivity contribution in [1.82, 2.24) is 4.98 Å². The average Bonchev–Trinajstić information content (AvgIpc) is 3.29. The Hall–Kier alpha value is -7.38. The van der Waals surface area contributed by atoms with Crippen molar-refractivity contribution in [2.24, 2.45) is 5.11 Å². The molecule has 6 rings (SSSR count). The molecule has 0 saturated heterocycles. The average molecular weight is 949 g/mol. The summed E-state index contributed by atoms with van der Waals surface area (Å²) in [5.41, 5.74) is -4.84. The molecule has 65 heavy (non-hydrogen) atoms. The number of aromatic nitrogens is 2. The number of halogens is 20. The summed E-state index contributed by atoms with van der Waals surface area (Å²) in [6.45, 7) is 0.185. The number of carbonyl (C=O) groups excluding carboxylic acids is 1. The molecule has 0 bridgehead atoms. The zero-order chi connectivity index (χ0) is 48.6. The lowest BCUT2D eigenvalue weighted by atomic mass is 9.12. The van der Waals surface area contributed by atoms with Crippen molar-refractivity contribution in [1.29, 1.82) is 0 Å². The number of esters is 1. The number of benzene rings is 5. The second-order valence-corrected chi connectivity index (χ2v) is 12.7. The van der Waals surface area contributed by atoms with Gasteiger partial charge in [-0.25, -0.2) is 92.6 Å². The maximum atomic E-state index is 15.4. The predicted molar refractivity (Wildman–Crippen MR) is 179 cm³/mol. The highest BCUT2D eigenvalue weighted by Crippen LogP contribution is 2.30. The Kier molecular flexibility index (Phi) is 14.0. The van der Waals surface area contributed by atoms with Crippen LogP contribution in [0.5, 0.6) is 0 Å². The molecule has 1 heterocycles. The molecule has 0 unspecified atom stereocenters. The summed E-state index contributed by atoms with van der Waals surface area (Å²) in [5, 5.41) is 3.16. The van der Waals surface area contributed by atoms with E-state index in [1.54, 1.807) is 17.0 Å². The third-order valence-electron chi connectivity index (χ3n) is 9.27. The first-order chi connectivity index (χ1) is 30.5. The molecule has 5 aromatic carbocycles. The van der Waals surface area contributed by atoms with Crippen LogP contribution in [0.3, 0.4) is 0 Å². The lowest BCUT2D eigenvalue weighted by molar-refractivity contribution is -0.691. The number of azide groups is 1. The van der Waals surface area contributed by atoms with Crippen LogP contribution in [-0.2, 0) is 11.3 Å². The van der Waals surface area contributed by atoms with Crippen LogP contribution in [-0.4, -0.2) is 23.8 Å². The molecular formula is C37H12BF20N5O2. The van der Waals surface area contributed by atoms with Gasteiger partial charge in [0.25, 0.3) is 0 Å². The molecule has 0 aliphatic rings. The molecule has 28 heteroatoms. The van der Waals surface area contributed by atoms with Crippen molar-refractivity contribution >= 4 is 34.0 Å². The van der Waals surface area contributed by atoms with Crippen molar-refractivity contribution in [2.45, 2.75) is 6.54 Å². The Morgan fingerprint density at radius 2 is 0.831 bits per heavy atom. The molecule has 0 aliphatic carbocycles. The summed E-state index contributed by atoms with van der Waals surface area (Å²) < 4.78 is 301. The minimum absolute atomic E-state index is 0.296. The van der Waals surface area contributed by atoms with E-state index in [2.05, 4.69) is 15.0 Å². The van der Waals surface area contributed by atoms with Crippen molar-refractivity contribution in [3.05, 3.63) is 187 Å². The van der Waals surface area contributed by atoms with Crippen LogP contribution < -0.4 is 26.4 Å². The van der Waals surface area contributed by atoms with Crippen LogP contribution in [0.2, 0.25) is 0 Å². The molecule has 0 atom stereocenters. The van der Waals surface area contributed by atoms with Crippen molar-refractivity contribution in [2.75, 3.05) is 6.73 Å².